The lowest BCUT2D eigenvalue weighted by atomic mass is 9.95. The first-order valence-electron chi connectivity index (χ1n) is 15.2. The van der Waals surface area contributed by atoms with Crippen LogP contribution < -0.4 is 5.32 Å². The van der Waals surface area contributed by atoms with Crippen LogP contribution in [0.2, 0.25) is 0 Å². The number of aromatic amines is 1. The van der Waals surface area contributed by atoms with Crippen molar-refractivity contribution in [2.75, 3.05) is 12.3 Å². The maximum atomic E-state index is 14.2. The fraction of sp³-hybridized carbons (Fsp3) is 0.382. The molecule has 0 aliphatic rings. The molecule has 10 heteroatoms. The third-order valence-electron chi connectivity index (χ3n) is 7.82. The summed E-state index contributed by atoms with van der Waals surface area (Å²) < 4.78 is 0. The minimum Gasteiger partial charge on any atom is -0.508 e. The van der Waals surface area contributed by atoms with Gasteiger partial charge in [0, 0.05) is 36.7 Å². The van der Waals surface area contributed by atoms with Gasteiger partial charge >= 0.3 is 0 Å². The van der Waals surface area contributed by atoms with Gasteiger partial charge in [0.15, 0.2) is 0 Å². The Hall–Kier alpha value is -4.18. The number of benzene rings is 3. The summed E-state index contributed by atoms with van der Waals surface area (Å²) in [5.74, 6) is 0.537. The third kappa shape index (κ3) is 8.69. The zero-order valence-electron chi connectivity index (χ0n) is 25.6. The minimum atomic E-state index is -0.754. The number of thiol groups is 1. The van der Waals surface area contributed by atoms with Gasteiger partial charge in [-0.3, -0.25) is 9.59 Å². The number of carbonyl (C=O) groups is 2. The second-order valence-corrected chi connectivity index (χ2v) is 11.8. The van der Waals surface area contributed by atoms with Crippen molar-refractivity contribution in [3.63, 3.8) is 0 Å². The van der Waals surface area contributed by atoms with Gasteiger partial charge in [0.25, 0.3) is 0 Å². The monoisotopic (exact) mass is 614 g/mol. The number of amides is 2. The number of hydrogen-bond acceptors (Lipinski definition) is 7. The van der Waals surface area contributed by atoms with E-state index in [9.17, 15) is 14.7 Å². The fourth-order valence-corrected chi connectivity index (χ4v) is 5.79. The lowest BCUT2D eigenvalue weighted by Crippen LogP contribution is -2.51. The largest absolute Gasteiger partial charge is 0.508 e. The third-order valence-corrected chi connectivity index (χ3v) is 8.22. The first-order chi connectivity index (χ1) is 21.3. The molecule has 1 aromatic heterocycles. The van der Waals surface area contributed by atoms with Crippen LogP contribution in [-0.4, -0.2) is 60.8 Å². The van der Waals surface area contributed by atoms with E-state index in [1.807, 2.05) is 67.3 Å². The van der Waals surface area contributed by atoms with Crippen molar-refractivity contribution < 1.29 is 14.7 Å². The average molecular weight is 615 g/mol. The number of H-pyrrole nitrogens is 1. The summed E-state index contributed by atoms with van der Waals surface area (Å²) in [6.45, 7) is 7.10. The van der Waals surface area contributed by atoms with Gasteiger partial charge < -0.3 is 15.3 Å². The van der Waals surface area contributed by atoms with Crippen LogP contribution in [0, 0.1) is 11.8 Å². The molecule has 3 aromatic carbocycles. The molecule has 1 heterocycles. The van der Waals surface area contributed by atoms with Crippen molar-refractivity contribution >= 4 is 24.4 Å². The predicted molar refractivity (Wildman–Crippen MR) is 176 cm³/mol. The number of aromatic hydroxyl groups is 1. The van der Waals surface area contributed by atoms with E-state index < -0.39 is 6.04 Å². The summed E-state index contributed by atoms with van der Waals surface area (Å²) in [5, 5.41) is 27.3. The predicted octanol–water partition coefficient (Wildman–Crippen LogP) is 5.69. The SMILES string of the molecule is CCCCCN(Cc1ccc(-c2ccccc2-c2nn[nH]n2)cc1)C(=O)[C@H](Cc1ccc(O)cc1)NC(=O)C(CS)C(C)C. The Kier molecular flexibility index (Phi) is 11.9. The highest BCUT2D eigenvalue weighted by molar-refractivity contribution is 7.80. The summed E-state index contributed by atoms with van der Waals surface area (Å²) >= 11 is 4.41. The molecule has 2 amide bonds. The molecule has 0 aliphatic carbocycles. The molecule has 1 unspecified atom stereocenters. The Morgan fingerprint density at radius 2 is 1.64 bits per heavy atom. The molecular weight excluding hydrogens is 572 g/mol. The number of hydrogen-bond donors (Lipinski definition) is 4. The number of carbonyl (C=O) groups excluding carboxylic acids is 2. The summed E-state index contributed by atoms with van der Waals surface area (Å²) in [6, 6.07) is 22.1. The van der Waals surface area contributed by atoms with Gasteiger partial charge in [-0.25, -0.2) is 0 Å². The second kappa shape index (κ2) is 16.0. The summed E-state index contributed by atoms with van der Waals surface area (Å²) in [6.07, 6.45) is 3.21. The van der Waals surface area contributed by atoms with Crippen molar-refractivity contribution in [1.29, 1.82) is 0 Å². The topological polar surface area (TPSA) is 124 Å². The first kappa shape index (κ1) is 32.7. The molecule has 0 saturated heterocycles. The van der Waals surface area contributed by atoms with Gasteiger partial charge in [-0.1, -0.05) is 94.3 Å². The van der Waals surface area contributed by atoms with E-state index in [1.54, 1.807) is 24.3 Å². The summed E-state index contributed by atoms with van der Waals surface area (Å²) in [5.41, 5.74) is 4.70. The van der Waals surface area contributed by atoms with Crippen molar-refractivity contribution in [2.24, 2.45) is 11.8 Å². The van der Waals surface area contributed by atoms with E-state index in [2.05, 4.69) is 45.5 Å². The van der Waals surface area contributed by atoms with Crippen LogP contribution in [0.15, 0.2) is 72.8 Å². The highest BCUT2D eigenvalue weighted by Gasteiger charge is 2.30. The number of rotatable bonds is 15. The lowest BCUT2D eigenvalue weighted by molar-refractivity contribution is -0.138. The molecule has 0 bridgehead atoms. The Morgan fingerprint density at radius 3 is 2.25 bits per heavy atom. The molecule has 0 spiro atoms. The fourth-order valence-electron chi connectivity index (χ4n) is 5.20. The smallest absolute Gasteiger partial charge is 0.245 e. The molecule has 0 fully saturated rings. The van der Waals surface area contributed by atoms with E-state index in [1.165, 1.54) is 0 Å². The number of nitrogens with one attached hydrogen (secondary N) is 2. The lowest BCUT2D eigenvalue weighted by Gasteiger charge is -2.30. The number of aromatic nitrogens is 4. The van der Waals surface area contributed by atoms with E-state index in [0.29, 0.717) is 31.1 Å². The Bertz CT molecular complexity index is 1480. The molecule has 0 aliphatic heterocycles. The average Bonchev–Trinajstić information content (AvgIpc) is 3.57. The van der Waals surface area contributed by atoms with Crippen LogP contribution in [-0.2, 0) is 22.6 Å². The molecule has 2 atom stereocenters. The van der Waals surface area contributed by atoms with Crippen LogP contribution in [0.4, 0.5) is 0 Å². The van der Waals surface area contributed by atoms with Gasteiger partial charge in [0.1, 0.15) is 11.8 Å². The van der Waals surface area contributed by atoms with Crippen LogP contribution in [0.5, 0.6) is 5.75 Å². The standard InChI is InChI=1S/C34H42N6O3S/c1-4-5-8-19-40(21-25-11-15-26(16-12-25)28-9-6-7-10-29(28)32-36-38-39-37-32)34(43)31(20-24-13-17-27(41)18-14-24)35-33(42)30(22-44)23(2)3/h6-7,9-18,23,30-31,41,44H,4-5,8,19-22H2,1-3H3,(H,35,42)(H,36,37,38,39)/t30?,31-/m0/s1. The van der Waals surface area contributed by atoms with Crippen molar-refractivity contribution in [3.05, 3.63) is 83.9 Å². The Balaban J connectivity index is 1.59. The summed E-state index contributed by atoms with van der Waals surface area (Å²) in [7, 11) is 0. The Morgan fingerprint density at radius 1 is 0.955 bits per heavy atom. The molecule has 4 rings (SSSR count). The highest BCUT2D eigenvalue weighted by Crippen LogP contribution is 2.30. The molecular formula is C34H42N6O3S. The van der Waals surface area contributed by atoms with Gasteiger partial charge in [-0.05, 0) is 51.9 Å². The van der Waals surface area contributed by atoms with Gasteiger partial charge in [-0.2, -0.15) is 17.8 Å². The zero-order valence-corrected chi connectivity index (χ0v) is 26.5. The number of tetrazole rings is 1. The van der Waals surface area contributed by atoms with Crippen LogP contribution in [0.25, 0.3) is 22.5 Å². The number of phenols is 1. The first-order valence-corrected chi connectivity index (χ1v) is 15.8. The normalized spacial score (nSPS) is 12.6. The van der Waals surface area contributed by atoms with Crippen LogP contribution >= 0.6 is 12.6 Å². The molecule has 0 radical (unpaired) electrons. The van der Waals surface area contributed by atoms with E-state index in [0.717, 1.165) is 47.1 Å². The van der Waals surface area contributed by atoms with E-state index in [4.69, 9.17) is 0 Å². The minimum absolute atomic E-state index is 0.0845. The number of phenolic OH excluding ortho intramolecular Hbond substituents is 1. The van der Waals surface area contributed by atoms with Gasteiger partial charge in [0.05, 0.1) is 0 Å². The molecule has 232 valence electrons. The maximum absolute atomic E-state index is 14.2. The number of nitrogens with zero attached hydrogens (tertiary/aromatic N) is 4. The van der Waals surface area contributed by atoms with Crippen LogP contribution in [0.3, 0.4) is 0 Å². The Labute approximate surface area is 264 Å². The number of unbranched alkanes of at least 4 members (excludes halogenated alkanes) is 2. The van der Waals surface area contributed by atoms with Crippen LogP contribution in [0.1, 0.15) is 51.2 Å². The molecule has 44 heavy (non-hydrogen) atoms. The van der Waals surface area contributed by atoms with Crippen molar-refractivity contribution in [1.82, 2.24) is 30.8 Å². The molecule has 3 N–H and O–H groups in total. The zero-order chi connectivity index (χ0) is 31.5. The van der Waals surface area contributed by atoms with Crippen molar-refractivity contribution in [2.45, 2.75) is 59.0 Å². The quantitative estimate of drug-likeness (QED) is 0.101. The highest BCUT2D eigenvalue weighted by atomic mass is 32.1. The van der Waals surface area contributed by atoms with E-state index >= 15 is 0 Å². The van der Waals surface area contributed by atoms with Crippen molar-refractivity contribution in [3.8, 4) is 28.3 Å². The van der Waals surface area contributed by atoms with Gasteiger partial charge in [0.2, 0.25) is 17.6 Å². The maximum Gasteiger partial charge on any atom is 0.245 e. The molecule has 0 saturated carbocycles. The van der Waals surface area contributed by atoms with Gasteiger partial charge in [-0.15, -0.1) is 10.2 Å². The summed E-state index contributed by atoms with van der Waals surface area (Å²) in [4.78, 5) is 29.4. The molecule has 4 aromatic rings. The second-order valence-electron chi connectivity index (χ2n) is 11.4. The molecule has 9 nitrogen and oxygen atoms in total. The van der Waals surface area contributed by atoms with E-state index in [-0.39, 0.29) is 29.4 Å².